The first-order chi connectivity index (χ1) is 10.2. The van der Waals surface area contributed by atoms with E-state index in [4.69, 9.17) is 14.2 Å². The van der Waals surface area contributed by atoms with Crippen LogP contribution in [0.1, 0.15) is 31.7 Å². The van der Waals surface area contributed by atoms with Crippen molar-refractivity contribution in [1.82, 2.24) is 0 Å². The third kappa shape index (κ3) is 5.10. The molecule has 2 rings (SSSR count). The Balaban J connectivity index is 1.89. The first kappa shape index (κ1) is 15.4. The third-order valence-electron chi connectivity index (χ3n) is 3.28. The number of hydrogen-bond donors (Lipinski definition) is 0. The largest absolute Gasteiger partial charge is 0.494 e. The molecule has 21 heavy (non-hydrogen) atoms. The minimum Gasteiger partial charge on any atom is -0.494 e. The van der Waals surface area contributed by atoms with Crippen molar-refractivity contribution in [2.75, 3.05) is 13.2 Å². The Morgan fingerprint density at radius 1 is 1.29 bits per heavy atom. The topological polar surface area (TPSA) is 61.8 Å². The van der Waals surface area contributed by atoms with Crippen LogP contribution in [-0.4, -0.2) is 31.3 Å². The Labute approximate surface area is 124 Å². The highest BCUT2D eigenvalue weighted by molar-refractivity contribution is 5.77. The molecule has 0 aromatic heterocycles. The molecular weight excluding hydrogens is 272 g/mol. The number of hydrogen-bond acceptors (Lipinski definition) is 5. The first-order valence-corrected chi connectivity index (χ1v) is 7.24. The molecule has 0 saturated carbocycles. The molecule has 0 amide bonds. The molecule has 1 aromatic carbocycles. The van der Waals surface area contributed by atoms with Crippen molar-refractivity contribution in [3.05, 3.63) is 29.8 Å². The Bertz CT molecular complexity index is 497. The average Bonchev–Trinajstić information content (AvgIpc) is 2.47. The van der Waals surface area contributed by atoms with Gasteiger partial charge in [0.2, 0.25) is 0 Å². The maximum absolute atomic E-state index is 11.4. The SMILES string of the molecule is CCOc1cccc(CC[C@H]2CCC(=O)OCC(=O)O2)c1. The minimum atomic E-state index is -0.476. The van der Waals surface area contributed by atoms with Gasteiger partial charge in [-0.05, 0) is 43.9 Å². The van der Waals surface area contributed by atoms with E-state index in [-0.39, 0.29) is 25.1 Å². The monoisotopic (exact) mass is 292 g/mol. The molecule has 1 atom stereocenters. The van der Waals surface area contributed by atoms with Crippen molar-refractivity contribution in [2.45, 2.75) is 38.7 Å². The average molecular weight is 292 g/mol. The van der Waals surface area contributed by atoms with Crippen LogP contribution in [-0.2, 0) is 25.5 Å². The van der Waals surface area contributed by atoms with Crippen LogP contribution in [0.15, 0.2) is 24.3 Å². The Morgan fingerprint density at radius 2 is 2.14 bits per heavy atom. The molecule has 5 nitrogen and oxygen atoms in total. The lowest BCUT2D eigenvalue weighted by molar-refractivity contribution is -0.167. The molecule has 1 saturated heterocycles. The van der Waals surface area contributed by atoms with E-state index in [0.29, 0.717) is 19.4 Å². The molecule has 0 unspecified atom stereocenters. The summed E-state index contributed by atoms with van der Waals surface area (Å²) in [6.07, 6.45) is 2.02. The number of aryl methyl sites for hydroxylation is 1. The molecule has 5 heteroatoms. The Kier molecular flexibility index (Phi) is 5.60. The molecular formula is C16H20O5. The summed E-state index contributed by atoms with van der Waals surface area (Å²) in [7, 11) is 0. The summed E-state index contributed by atoms with van der Waals surface area (Å²) in [6, 6.07) is 7.87. The van der Waals surface area contributed by atoms with Gasteiger partial charge in [0.25, 0.3) is 0 Å². The molecule has 0 radical (unpaired) electrons. The van der Waals surface area contributed by atoms with Gasteiger partial charge in [-0.2, -0.15) is 0 Å². The van der Waals surface area contributed by atoms with Crippen molar-refractivity contribution in [1.29, 1.82) is 0 Å². The fourth-order valence-corrected chi connectivity index (χ4v) is 2.26. The summed E-state index contributed by atoms with van der Waals surface area (Å²) >= 11 is 0. The van der Waals surface area contributed by atoms with E-state index in [1.54, 1.807) is 0 Å². The molecule has 1 aliphatic rings. The number of cyclic esters (lactones) is 2. The van der Waals surface area contributed by atoms with Crippen LogP contribution >= 0.6 is 0 Å². The quantitative estimate of drug-likeness (QED) is 0.779. The van der Waals surface area contributed by atoms with Gasteiger partial charge in [-0.25, -0.2) is 4.79 Å². The van der Waals surface area contributed by atoms with Gasteiger partial charge in [0.15, 0.2) is 6.61 Å². The van der Waals surface area contributed by atoms with Gasteiger partial charge < -0.3 is 14.2 Å². The molecule has 0 aliphatic carbocycles. The van der Waals surface area contributed by atoms with Crippen LogP contribution in [0.25, 0.3) is 0 Å². The lowest BCUT2D eigenvalue weighted by Crippen LogP contribution is -2.27. The van der Waals surface area contributed by atoms with E-state index < -0.39 is 5.97 Å². The van der Waals surface area contributed by atoms with Gasteiger partial charge in [-0.15, -0.1) is 0 Å². The van der Waals surface area contributed by atoms with E-state index in [9.17, 15) is 9.59 Å². The second-order valence-corrected chi connectivity index (χ2v) is 4.93. The Morgan fingerprint density at radius 3 is 2.95 bits per heavy atom. The zero-order chi connectivity index (χ0) is 15.1. The van der Waals surface area contributed by atoms with Crippen molar-refractivity contribution in [3.8, 4) is 5.75 Å². The number of benzene rings is 1. The summed E-state index contributed by atoms with van der Waals surface area (Å²) in [5, 5.41) is 0. The second kappa shape index (κ2) is 7.67. The number of esters is 2. The van der Waals surface area contributed by atoms with Crippen molar-refractivity contribution < 1.29 is 23.8 Å². The lowest BCUT2D eigenvalue weighted by atomic mass is 10.0. The molecule has 1 aromatic rings. The number of rotatable bonds is 5. The van der Waals surface area contributed by atoms with E-state index >= 15 is 0 Å². The molecule has 0 spiro atoms. The normalized spacial score (nSPS) is 19.2. The maximum Gasteiger partial charge on any atom is 0.344 e. The van der Waals surface area contributed by atoms with Crippen LogP contribution < -0.4 is 4.74 Å². The maximum atomic E-state index is 11.4. The fraction of sp³-hybridized carbons (Fsp3) is 0.500. The van der Waals surface area contributed by atoms with Crippen molar-refractivity contribution >= 4 is 11.9 Å². The third-order valence-corrected chi connectivity index (χ3v) is 3.28. The van der Waals surface area contributed by atoms with E-state index in [1.807, 2.05) is 31.2 Å². The summed E-state index contributed by atoms with van der Waals surface area (Å²) in [5.74, 6) is 0.0272. The van der Waals surface area contributed by atoms with Gasteiger partial charge in [-0.1, -0.05) is 12.1 Å². The highest BCUT2D eigenvalue weighted by Gasteiger charge is 2.21. The van der Waals surface area contributed by atoms with Crippen LogP contribution in [0.4, 0.5) is 0 Å². The van der Waals surface area contributed by atoms with E-state index in [1.165, 1.54) is 0 Å². The predicted octanol–water partition coefficient (Wildman–Crippen LogP) is 2.27. The summed E-state index contributed by atoms with van der Waals surface area (Å²) < 4.78 is 15.5. The van der Waals surface area contributed by atoms with Crippen LogP contribution in [0, 0.1) is 0 Å². The van der Waals surface area contributed by atoms with Crippen LogP contribution in [0.5, 0.6) is 5.75 Å². The zero-order valence-corrected chi connectivity index (χ0v) is 12.2. The van der Waals surface area contributed by atoms with Gasteiger partial charge in [0.1, 0.15) is 11.9 Å². The van der Waals surface area contributed by atoms with Gasteiger partial charge in [-0.3, -0.25) is 4.79 Å². The lowest BCUT2D eigenvalue weighted by Gasteiger charge is -2.20. The van der Waals surface area contributed by atoms with E-state index in [0.717, 1.165) is 17.7 Å². The smallest absolute Gasteiger partial charge is 0.344 e. The number of carbonyl (C=O) groups is 2. The predicted molar refractivity (Wildman–Crippen MR) is 76.0 cm³/mol. The standard InChI is InChI=1S/C16H20O5/c1-2-19-14-5-3-4-12(10-14)6-7-13-8-9-15(17)20-11-16(18)21-13/h3-5,10,13H,2,6-9,11H2,1H3/t13-/m0/s1. The van der Waals surface area contributed by atoms with Gasteiger partial charge >= 0.3 is 11.9 Å². The van der Waals surface area contributed by atoms with Gasteiger partial charge in [0.05, 0.1) is 6.61 Å². The zero-order valence-electron chi connectivity index (χ0n) is 12.2. The summed E-state index contributed by atoms with van der Waals surface area (Å²) in [5.41, 5.74) is 1.13. The minimum absolute atomic E-state index is 0.235. The van der Waals surface area contributed by atoms with Gasteiger partial charge in [0, 0.05) is 6.42 Å². The van der Waals surface area contributed by atoms with E-state index in [2.05, 4.69) is 0 Å². The summed E-state index contributed by atoms with van der Waals surface area (Å²) in [4.78, 5) is 22.7. The molecule has 1 aliphatic heterocycles. The molecule has 1 fully saturated rings. The number of carbonyl (C=O) groups excluding carboxylic acids is 2. The second-order valence-electron chi connectivity index (χ2n) is 4.93. The molecule has 0 N–H and O–H groups in total. The summed E-state index contributed by atoms with van der Waals surface area (Å²) in [6.45, 7) is 2.29. The van der Waals surface area contributed by atoms with Crippen LogP contribution in [0.2, 0.25) is 0 Å². The fourth-order valence-electron chi connectivity index (χ4n) is 2.26. The van der Waals surface area contributed by atoms with Crippen molar-refractivity contribution in [3.63, 3.8) is 0 Å². The first-order valence-electron chi connectivity index (χ1n) is 7.24. The molecule has 0 bridgehead atoms. The molecule has 1 heterocycles. The van der Waals surface area contributed by atoms with Crippen LogP contribution in [0.3, 0.4) is 0 Å². The van der Waals surface area contributed by atoms with Crippen molar-refractivity contribution in [2.24, 2.45) is 0 Å². The highest BCUT2D eigenvalue weighted by atomic mass is 16.6. The highest BCUT2D eigenvalue weighted by Crippen LogP contribution is 2.18. The number of ether oxygens (including phenoxy) is 3. The Hall–Kier alpha value is -2.04. The molecule has 114 valence electrons.